The summed E-state index contributed by atoms with van der Waals surface area (Å²) in [6, 6.07) is 12.1. The molecule has 0 aliphatic heterocycles. The van der Waals surface area contributed by atoms with Crippen molar-refractivity contribution in [3.8, 4) is 17.6 Å². The molecule has 0 N–H and O–H groups in total. The number of hydrogen-bond acceptors (Lipinski definition) is 3. The minimum Gasteiger partial charge on any atom is -0.495 e. The number of ether oxygens (including phenoxy) is 1. The van der Waals surface area contributed by atoms with Crippen LogP contribution in [0.15, 0.2) is 36.4 Å². The largest absolute Gasteiger partial charge is 0.495 e. The highest BCUT2D eigenvalue weighted by Gasteiger charge is 2.05. The highest BCUT2D eigenvalue weighted by Crippen LogP contribution is 2.26. The minimum absolute atomic E-state index is 0.134. The predicted octanol–water partition coefficient (Wildman–Crippen LogP) is 3.87. The molecule has 0 aromatic heterocycles. The summed E-state index contributed by atoms with van der Waals surface area (Å²) in [6.45, 7) is 1.58. The summed E-state index contributed by atoms with van der Waals surface area (Å²) < 4.78 is 5.39. The van der Waals surface area contributed by atoms with Crippen LogP contribution in [-0.4, -0.2) is 18.0 Å². The lowest BCUT2D eigenvalue weighted by molar-refractivity contribution is -0.109. The van der Waals surface area contributed by atoms with Crippen molar-refractivity contribution in [1.29, 1.82) is 0 Å². The SMILES string of the molecule is COc1ccc2ccccc2c1C#CCCSC(C)=O. The number of carbonyl (C=O) groups excluding carboxylic acids is 1. The molecule has 102 valence electrons. The molecule has 0 aliphatic rings. The molecule has 2 rings (SSSR count). The van der Waals surface area contributed by atoms with E-state index in [4.69, 9.17) is 4.74 Å². The van der Waals surface area contributed by atoms with Crippen molar-refractivity contribution in [1.82, 2.24) is 0 Å². The van der Waals surface area contributed by atoms with E-state index in [1.807, 2.05) is 30.3 Å². The van der Waals surface area contributed by atoms with Gasteiger partial charge in [0.2, 0.25) is 0 Å². The summed E-state index contributed by atoms with van der Waals surface area (Å²) in [7, 11) is 1.65. The second-order valence-electron chi connectivity index (χ2n) is 4.26. The van der Waals surface area contributed by atoms with Crippen molar-refractivity contribution in [2.75, 3.05) is 12.9 Å². The molecule has 0 saturated heterocycles. The molecule has 0 radical (unpaired) electrons. The molecule has 0 bridgehead atoms. The third-order valence-corrected chi connectivity index (χ3v) is 3.67. The van der Waals surface area contributed by atoms with E-state index in [2.05, 4.69) is 17.9 Å². The first kappa shape index (κ1) is 14.5. The van der Waals surface area contributed by atoms with Crippen LogP contribution in [0.2, 0.25) is 0 Å². The third kappa shape index (κ3) is 3.55. The minimum atomic E-state index is 0.134. The molecule has 0 unspecified atom stereocenters. The predicted molar refractivity (Wildman–Crippen MR) is 85.1 cm³/mol. The lowest BCUT2D eigenvalue weighted by Gasteiger charge is -2.06. The van der Waals surface area contributed by atoms with Gasteiger partial charge in [-0.25, -0.2) is 0 Å². The fourth-order valence-corrected chi connectivity index (χ4v) is 2.44. The van der Waals surface area contributed by atoms with Crippen molar-refractivity contribution < 1.29 is 9.53 Å². The Labute approximate surface area is 123 Å². The molecule has 0 heterocycles. The molecule has 0 fully saturated rings. The highest BCUT2D eigenvalue weighted by atomic mass is 32.2. The van der Waals surface area contributed by atoms with E-state index < -0.39 is 0 Å². The zero-order chi connectivity index (χ0) is 14.4. The first-order valence-corrected chi connectivity index (χ1v) is 7.39. The summed E-state index contributed by atoms with van der Waals surface area (Å²) >= 11 is 1.31. The second kappa shape index (κ2) is 7.02. The first-order valence-electron chi connectivity index (χ1n) is 6.40. The van der Waals surface area contributed by atoms with E-state index in [0.717, 1.165) is 27.8 Å². The number of benzene rings is 2. The van der Waals surface area contributed by atoms with E-state index in [-0.39, 0.29) is 5.12 Å². The van der Waals surface area contributed by atoms with Gasteiger partial charge in [-0.1, -0.05) is 53.9 Å². The summed E-state index contributed by atoms with van der Waals surface area (Å²) in [6.07, 6.45) is 0.691. The normalized spacial score (nSPS) is 9.90. The van der Waals surface area contributed by atoms with E-state index in [1.165, 1.54) is 11.8 Å². The van der Waals surface area contributed by atoms with Crippen LogP contribution >= 0.6 is 11.8 Å². The van der Waals surface area contributed by atoms with Crippen LogP contribution in [0.4, 0.5) is 0 Å². The van der Waals surface area contributed by atoms with Crippen molar-refractivity contribution in [2.24, 2.45) is 0 Å². The Morgan fingerprint density at radius 2 is 2.05 bits per heavy atom. The standard InChI is InChI=1S/C17H16O2S/c1-13(18)20-12-6-5-9-16-15-8-4-3-7-14(15)10-11-17(16)19-2/h3-4,7-8,10-11H,6,12H2,1-2H3. The van der Waals surface area contributed by atoms with E-state index in [0.29, 0.717) is 6.42 Å². The van der Waals surface area contributed by atoms with Gasteiger partial charge < -0.3 is 4.74 Å². The number of thioether (sulfide) groups is 1. The van der Waals surface area contributed by atoms with Gasteiger partial charge in [0.15, 0.2) is 5.12 Å². The van der Waals surface area contributed by atoms with Crippen LogP contribution in [0.3, 0.4) is 0 Å². The van der Waals surface area contributed by atoms with Crippen LogP contribution in [0, 0.1) is 11.8 Å². The fraction of sp³-hybridized carbons (Fsp3) is 0.235. The lowest BCUT2D eigenvalue weighted by Crippen LogP contribution is -1.90. The van der Waals surface area contributed by atoms with E-state index >= 15 is 0 Å². The van der Waals surface area contributed by atoms with E-state index in [1.54, 1.807) is 14.0 Å². The Hall–Kier alpha value is -1.92. The molecular formula is C17H16O2S. The van der Waals surface area contributed by atoms with Crippen LogP contribution in [-0.2, 0) is 4.79 Å². The fourth-order valence-electron chi connectivity index (χ4n) is 1.95. The van der Waals surface area contributed by atoms with Gasteiger partial charge in [0.1, 0.15) is 5.75 Å². The van der Waals surface area contributed by atoms with Crippen LogP contribution < -0.4 is 4.74 Å². The van der Waals surface area contributed by atoms with Gasteiger partial charge in [-0.05, 0) is 11.5 Å². The maximum absolute atomic E-state index is 10.8. The number of fused-ring (bicyclic) bond motifs is 1. The molecule has 0 spiro atoms. The topological polar surface area (TPSA) is 26.3 Å². The van der Waals surface area contributed by atoms with Gasteiger partial charge in [0, 0.05) is 24.5 Å². The Morgan fingerprint density at radius 1 is 1.25 bits per heavy atom. The molecule has 2 aromatic carbocycles. The average molecular weight is 284 g/mol. The first-order chi connectivity index (χ1) is 9.72. The van der Waals surface area contributed by atoms with Crippen molar-refractivity contribution >= 4 is 27.6 Å². The zero-order valence-corrected chi connectivity index (χ0v) is 12.4. The molecule has 3 heteroatoms. The zero-order valence-electron chi connectivity index (χ0n) is 11.6. The smallest absolute Gasteiger partial charge is 0.185 e. The molecular weight excluding hydrogens is 268 g/mol. The van der Waals surface area contributed by atoms with Gasteiger partial charge in [-0.3, -0.25) is 4.79 Å². The number of rotatable bonds is 3. The van der Waals surface area contributed by atoms with Crippen LogP contribution in [0.1, 0.15) is 18.9 Å². The molecule has 2 nitrogen and oxygen atoms in total. The highest BCUT2D eigenvalue weighted by molar-refractivity contribution is 8.13. The molecule has 0 saturated carbocycles. The number of hydrogen-bond donors (Lipinski definition) is 0. The molecule has 0 atom stereocenters. The number of carbonyl (C=O) groups is 1. The Bertz CT molecular complexity index is 680. The van der Waals surface area contributed by atoms with Gasteiger partial charge in [0.25, 0.3) is 0 Å². The summed E-state index contributed by atoms with van der Waals surface area (Å²) in [5.41, 5.74) is 0.915. The van der Waals surface area contributed by atoms with Crippen molar-refractivity contribution in [3.63, 3.8) is 0 Å². The van der Waals surface area contributed by atoms with Crippen LogP contribution in [0.25, 0.3) is 10.8 Å². The average Bonchev–Trinajstić information content (AvgIpc) is 2.46. The van der Waals surface area contributed by atoms with Gasteiger partial charge >= 0.3 is 0 Å². The van der Waals surface area contributed by atoms with Gasteiger partial charge in [-0.15, -0.1) is 0 Å². The quantitative estimate of drug-likeness (QED) is 0.632. The van der Waals surface area contributed by atoms with Crippen molar-refractivity contribution in [3.05, 3.63) is 42.0 Å². The lowest BCUT2D eigenvalue weighted by atomic mass is 10.0. The molecule has 0 aliphatic carbocycles. The van der Waals surface area contributed by atoms with Crippen LogP contribution in [0.5, 0.6) is 5.75 Å². The third-order valence-electron chi connectivity index (χ3n) is 2.86. The summed E-state index contributed by atoms with van der Waals surface area (Å²) in [5, 5.41) is 2.38. The Morgan fingerprint density at radius 3 is 2.80 bits per heavy atom. The maximum Gasteiger partial charge on any atom is 0.185 e. The summed E-state index contributed by atoms with van der Waals surface area (Å²) in [4.78, 5) is 10.8. The molecule has 20 heavy (non-hydrogen) atoms. The van der Waals surface area contributed by atoms with Gasteiger partial charge in [-0.2, -0.15) is 0 Å². The number of methoxy groups -OCH3 is 1. The summed E-state index contributed by atoms with van der Waals surface area (Å²) in [5.74, 6) is 7.82. The monoisotopic (exact) mass is 284 g/mol. The van der Waals surface area contributed by atoms with Crippen molar-refractivity contribution in [2.45, 2.75) is 13.3 Å². The Kier molecular flexibility index (Phi) is 5.09. The Balaban J connectivity index is 2.27. The molecule has 2 aromatic rings. The molecule has 0 amide bonds. The van der Waals surface area contributed by atoms with E-state index in [9.17, 15) is 4.79 Å². The van der Waals surface area contributed by atoms with Gasteiger partial charge in [0.05, 0.1) is 12.7 Å². The maximum atomic E-state index is 10.8. The second-order valence-corrected chi connectivity index (χ2v) is 5.53.